The Morgan fingerprint density at radius 1 is 1.30 bits per heavy atom. The first-order valence-electron chi connectivity index (χ1n) is 9.71. The van der Waals surface area contributed by atoms with Crippen LogP contribution in [0.15, 0.2) is 23.0 Å². The number of thioether (sulfide) groups is 1. The first kappa shape index (κ1) is 21.7. The molecule has 1 aliphatic rings. The number of H-pyrrole nitrogens is 1. The summed E-state index contributed by atoms with van der Waals surface area (Å²) in [5, 5.41) is 1.77. The Kier molecular flexibility index (Phi) is 6.72. The van der Waals surface area contributed by atoms with Gasteiger partial charge in [-0.2, -0.15) is 11.8 Å². The van der Waals surface area contributed by atoms with Gasteiger partial charge >= 0.3 is 0 Å². The van der Waals surface area contributed by atoms with Gasteiger partial charge in [0.15, 0.2) is 0 Å². The highest BCUT2D eigenvalue weighted by Crippen LogP contribution is 2.34. The highest BCUT2D eigenvalue weighted by atomic mass is 35.5. The minimum absolute atomic E-state index is 0.0348. The van der Waals surface area contributed by atoms with Crippen molar-refractivity contribution >= 4 is 62.4 Å². The molecule has 4 rings (SSSR count). The number of hydrogen-bond acceptors (Lipinski definition) is 5. The third kappa shape index (κ3) is 4.69. The summed E-state index contributed by atoms with van der Waals surface area (Å²) in [6.07, 6.45) is 3.58. The summed E-state index contributed by atoms with van der Waals surface area (Å²) in [5.41, 5.74) is 2.09. The molecular weight excluding hydrogens is 461 g/mol. The fourth-order valence-corrected chi connectivity index (χ4v) is 6.03. The van der Waals surface area contributed by atoms with E-state index in [1.165, 1.54) is 10.4 Å². The number of aromatic nitrogens is 2. The Bertz CT molecular complexity index is 1160. The summed E-state index contributed by atoms with van der Waals surface area (Å²) in [4.78, 5) is 36.3. The molecule has 2 heterocycles. The van der Waals surface area contributed by atoms with Gasteiger partial charge in [0.05, 0.1) is 21.2 Å². The van der Waals surface area contributed by atoms with E-state index < -0.39 is 0 Å². The second-order valence-corrected chi connectivity index (χ2v) is 10.4. The first-order chi connectivity index (χ1) is 14.4. The quantitative estimate of drug-likeness (QED) is 0.478. The smallest absolute Gasteiger partial charge is 0.259 e. The van der Waals surface area contributed by atoms with Crippen LogP contribution in [0.25, 0.3) is 10.2 Å². The third-order valence-electron chi connectivity index (χ3n) is 5.15. The lowest BCUT2D eigenvalue weighted by molar-refractivity contribution is -0.129. The maximum absolute atomic E-state index is 12.5. The van der Waals surface area contributed by atoms with Crippen LogP contribution in [-0.2, 0) is 29.9 Å². The summed E-state index contributed by atoms with van der Waals surface area (Å²) in [6, 6.07) is 5.38. The van der Waals surface area contributed by atoms with Gasteiger partial charge in [-0.1, -0.05) is 29.3 Å². The molecule has 0 spiro atoms. The topological polar surface area (TPSA) is 66.1 Å². The number of nitrogens with zero attached hydrogens (tertiary/aromatic N) is 2. The van der Waals surface area contributed by atoms with Crippen molar-refractivity contribution in [3.8, 4) is 0 Å². The molecule has 0 unspecified atom stereocenters. The zero-order chi connectivity index (χ0) is 21.3. The van der Waals surface area contributed by atoms with Crippen LogP contribution in [0.3, 0.4) is 0 Å². The lowest BCUT2D eigenvalue weighted by atomic mass is 10.2. The first-order valence-corrected chi connectivity index (χ1v) is 12.4. The number of amides is 1. The maximum Gasteiger partial charge on any atom is 0.259 e. The fourth-order valence-electron chi connectivity index (χ4n) is 3.63. The average molecular weight is 482 g/mol. The van der Waals surface area contributed by atoms with Crippen LogP contribution in [0.4, 0.5) is 0 Å². The number of rotatable bonds is 7. The van der Waals surface area contributed by atoms with Crippen LogP contribution in [0, 0.1) is 0 Å². The molecule has 1 aromatic carbocycles. The number of aromatic amines is 1. The number of halogens is 2. The standard InChI is InChI=1S/C21H21Cl2N3O2S2/c1-26(10-12-5-6-14(22)15(23)9-12)18(27)7-8-29-11-17-24-20(28)19-13-3-2-4-16(13)30-21(19)25-17/h5-6,9H,2-4,7-8,10-11H2,1H3,(H,24,25,28). The summed E-state index contributed by atoms with van der Waals surface area (Å²) in [7, 11) is 1.78. The Morgan fingerprint density at radius 3 is 2.93 bits per heavy atom. The predicted molar refractivity (Wildman–Crippen MR) is 126 cm³/mol. The van der Waals surface area contributed by atoms with Crippen molar-refractivity contribution in [1.82, 2.24) is 14.9 Å². The Balaban J connectivity index is 1.28. The largest absolute Gasteiger partial charge is 0.341 e. The van der Waals surface area contributed by atoms with E-state index in [-0.39, 0.29) is 11.5 Å². The molecule has 1 aliphatic carbocycles. The second-order valence-electron chi connectivity index (χ2n) is 7.35. The summed E-state index contributed by atoms with van der Waals surface area (Å²) < 4.78 is 0. The molecule has 0 saturated carbocycles. The van der Waals surface area contributed by atoms with E-state index in [4.69, 9.17) is 23.2 Å². The van der Waals surface area contributed by atoms with Crippen molar-refractivity contribution in [3.63, 3.8) is 0 Å². The lowest BCUT2D eigenvalue weighted by Gasteiger charge is -2.17. The lowest BCUT2D eigenvalue weighted by Crippen LogP contribution is -2.26. The molecule has 0 fully saturated rings. The van der Waals surface area contributed by atoms with Crippen LogP contribution in [0.1, 0.15) is 34.7 Å². The van der Waals surface area contributed by atoms with Crippen molar-refractivity contribution in [1.29, 1.82) is 0 Å². The van der Waals surface area contributed by atoms with Crippen molar-refractivity contribution in [3.05, 3.63) is 60.4 Å². The van der Waals surface area contributed by atoms with E-state index in [2.05, 4.69) is 9.97 Å². The third-order valence-corrected chi connectivity index (χ3v) is 8.05. The van der Waals surface area contributed by atoms with E-state index in [1.807, 2.05) is 6.07 Å². The van der Waals surface area contributed by atoms with Gasteiger partial charge in [-0.15, -0.1) is 11.3 Å². The van der Waals surface area contributed by atoms with Gasteiger partial charge in [0.25, 0.3) is 5.56 Å². The summed E-state index contributed by atoms with van der Waals surface area (Å²) in [5.74, 6) is 1.97. The van der Waals surface area contributed by atoms with Gasteiger partial charge in [-0.3, -0.25) is 9.59 Å². The Hall–Kier alpha value is -1.54. The second kappa shape index (κ2) is 9.30. The molecule has 2 aromatic heterocycles. The Labute approximate surface area is 192 Å². The van der Waals surface area contributed by atoms with E-state index in [0.717, 1.165) is 35.0 Å². The van der Waals surface area contributed by atoms with Gasteiger partial charge in [-0.05, 0) is 42.5 Å². The van der Waals surface area contributed by atoms with Crippen LogP contribution in [0.5, 0.6) is 0 Å². The number of hydrogen-bond donors (Lipinski definition) is 1. The summed E-state index contributed by atoms with van der Waals surface area (Å²) in [6.45, 7) is 0.481. The SMILES string of the molecule is CN(Cc1ccc(Cl)c(Cl)c1)C(=O)CCSCc1nc2sc3c(c2c(=O)[nH]1)CCC3. The zero-order valence-corrected chi connectivity index (χ0v) is 19.6. The molecule has 0 radical (unpaired) electrons. The molecule has 30 heavy (non-hydrogen) atoms. The Morgan fingerprint density at radius 2 is 2.13 bits per heavy atom. The molecule has 0 saturated heterocycles. The molecule has 158 valence electrons. The zero-order valence-electron chi connectivity index (χ0n) is 16.5. The van der Waals surface area contributed by atoms with Gasteiger partial charge in [0.2, 0.25) is 5.91 Å². The minimum Gasteiger partial charge on any atom is -0.341 e. The predicted octanol–water partition coefficient (Wildman–Crippen LogP) is 5.06. The highest BCUT2D eigenvalue weighted by molar-refractivity contribution is 7.98. The van der Waals surface area contributed by atoms with E-state index >= 15 is 0 Å². The van der Waals surface area contributed by atoms with E-state index in [1.54, 1.807) is 47.2 Å². The highest BCUT2D eigenvalue weighted by Gasteiger charge is 2.21. The van der Waals surface area contributed by atoms with Crippen molar-refractivity contribution in [2.45, 2.75) is 38.0 Å². The van der Waals surface area contributed by atoms with Crippen molar-refractivity contribution in [2.75, 3.05) is 12.8 Å². The van der Waals surface area contributed by atoms with Gasteiger partial charge in [0, 0.05) is 30.6 Å². The summed E-state index contributed by atoms with van der Waals surface area (Å²) >= 11 is 15.2. The van der Waals surface area contributed by atoms with E-state index in [9.17, 15) is 9.59 Å². The van der Waals surface area contributed by atoms with Crippen LogP contribution in [-0.4, -0.2) is 33.6 Å². The number of fused-ring (bicyclic) bond motifs is 3. The normalized spacial score (nSPS) is 13.0. The number of aryl methyl sites for hydroxylation is 2. The molecule has 0 atom stereocenters. The molecular formula is C21H21Cl2N3O2S2. The van der Waals surface area contributed by atoms with Crippen LogP contribution >= 0.6 is 46.3 Å². The van der Waals surface area contributed by atoms with Crippen molar-refractivity contribution < 1.29 is 4.79 Å². The average Bonchev–Trinajstić information content (AvgIpc) is 3.28. The number of thiophene rings is 1. The molecule has 0 aliphatic heterocycles. The number of carbonyl (C=O) groups is 1. The number of nitrogens with one attached hydrogen (secondary N) is 1. The molecule has 5 nitrogen and oxygen atoms in total. The van der Waals surface area contributed by atoms with Gasteiger partial charge < -0.3 is 9.88 Å². The van der Waals surface area contributed by atoms with Crippen LogP contribution in [0.2, 0.25) is 10.0 Å². The monoisotopic (exact) mass is 481 g/mol. The number of benzene rings is 1. The molecule has 3 aromatic rings. The molecule has 0 bridgehead atoms. The van der Waals surface area contributed by atoms with Gasteiger partial charge in [-0.25, -0.2) is 4.98 Å². The van der Waals surface area contributed by atoms with E-state index in [0.29, 0.717) is 40.3 Å². The van der Waals surface area contributed by atoms with Gasteiger partial charge in [0.1, 0.15) is 10.7 Å². The van der Waals surface area contributed by atoms with Crippen LogP contribution < -0.4 is 5.56 Å². The maximum atomic E-state index is 12.5. The molecule has 1 amide bonds. The molecule has 1 N–H and O–H groups in total. The minimum atomic E-state index is -0.0348. The van der Waals surface area contributed by atoms with Crippen molar-refractivity contribution in [2.24, 2.45) is 0 Å². The fraction of sp³-hybridized carbons (Fsp3) is 0.381. The number of carbonyl (C=O) groups excluding carboxylic acids is 1. The molecule has 9 heteroatoms.